The Morgan fingerprint density at radius 3 is 2.75 bits per heavy atom. The van der Waals surface area contributed by atoms with Crippen molar-refractivity contribution < 1.29 is 14.7 Å². The third-order valence-electron chi connectivity index (χ3n) is 2.83. The van der Waals surface area contributed by atoms with Crippen molar-refractivity contribution in [2.75, 3.05) is 0 Å². The van der Waals surface area contributed by atoms with E-state index in [0.29, 0.717) is 0 Å². The summed E-state index contributed by atoms with van der Waals surface area (Å²) >= 11 is 0. The first kappa shape index (κ1) is 10.4. The van der Waals surface area contributed by atoms with Crippen LogP contribution in [0, 0.1) is 16.7 Å². The fourth-order valence-electron chi connectivity index (χ4n) is 1.90. The fraction of sp³-hybridized carbons (Fsp3) is 0.250. The second kappa shape index (κ2) is 3.17. The van der Waals surface area contributed by atoms with Gasteiger partial charge in [0.2, 0.25) is 0 Å². The molecule has 0 heterocycles. The minimum atomic E-state index is -1.31. The van der Waals surface area contributed by atoms with E-state index >= 15 is 0 Å². The first-order valence-corrected chi connectivity index (χ1v) is 4.81. The summed E-state index contributed by atoms with van der Waals surface area (Å²) in [6, 6.07) is 6.18. The molecule has 2 rings (SSSR count). The number of hydrogen-bond donors (Lipinski definition) is 1. The van der Waals surface area contributed by atoms with Gasteiger partial charge in [0.1, 0.15) is 11.2 Å². The maximum atomic E-state index is 12.0. The molecule has 1 atom stereocenters. The highest BCUT2D eigenvalue weighted by Crippen LogP contribution is 2.37. The summed E-state index contributed by atoms with van der Waals surface area (Å²) in [5, 5.41) is 18.5. The molecule has 1 N–H and O–H groups in total. The van der Waals surface area contributed by atoms with Gasteiger partial charge in [0.25, 0.3) is 0 Å². The van der Waals surface area contributed by atoms with Gasteiger partial charge in [-0.25, -0.2) is 0 Å². The molecule has 1 aliphatic carbocycles. The lowest BCUT2D eigenvalue weighted by Crippen LogP contribution is -2.35. The molecule has 0 aromatic heterocycles. The molecule has 1 aliphatic rings. The molecule has 0 spiro atoms. The summed E-state index contributed by atoms with van der Waals surface area (Å²) in [5.74, 6) is -0.965. The van der Waals surface area contributed by atoms with Crippen LogP contribution in [-0.4, -0.2) is 16.7 Å². The Kier molecular flexibility index (Phi) is 2.06. The smallest absolute Gasteiger partial charge is 0.184 e. The van der Waals surface area contributed by atoms with Gasteiger partial charge < -0.3 is 5.11 Å². The third kappa shape index (κ3) is 1.22. The SMILES string of the molecule is CC1(C#N)CC(=O)c2c(O)cccc2C1=O. The molecule has 0 saturated carbocycles. The van der Waals surface area contributed by atoms with E-state index in [2.05, 4.69) is 0 Å². The molecule has 80 valence electrons. The fourth-order valence-corrected chi connectivity index (χ4v) is 1.90. The molecule has 1 aromatic carbocycles. The van der Waals surface area contributed by atoms with Gasteiger partial charge in [0.15, 0.2) is 11.6 Å². The van der Waals surface area contributed by atoms with Crippen LogP contribution in [0.5, 0.6) is 5.75 Å². The summed E-state index contributed by atoms with van der Waals surface area (Å²) in [4.78, 5) is 23.7. The molecule has 0 amide bonds. The molecular weight excluding hydrogens is 206 g/mol. The summed E-state index contributed by atoms with van der Waals surface area (Å²) < 4.78 is 0. The minimum Gasteiger partial charge on any atom is -0.507 e. The van der Waals surface area contributed by atoms with Crippen LogP contribution in [0.15, 0.2) is 18.2 Å². The molecule has 1 unspecified atom stereocenters. The Morgan fingerprint density at radius 1 is 1.44 bits per heavy atom. The second-order valence-electron chi connectivity index (χ2n) is 4.07. The lowest BCUT2D eigenvalue weighted by molar-refractivity contribution is 0.0776. The normalized spacial score (nSPS) is 23.8. The largest absolute Gasteiger partial charge is 0.507 e. The van der Waals surface area contributed by atoms with Crippen molar-refractivity contribution >= 4 is 11.6 Å². The molecule has 4 heteroatoms. The molecule has 0 bridgehead atoms. The second-order valence-corrected chi connectivity index (χ2v) is 4.07. The molecule has 1 aromatic rings. The summed E-state index contributed by atoms with van der Waals surface area (Å²) in [6.45, 7) is 1.44. The maximum absolute atomic E-state index is 12.0. The van der Waals surface area contributed by atoms with Gasteiger partial charge in [-0.15, -0.1) is 0 Å². The number of rotatable bonds is 0. The van der Waals surface area contributed by atoms with Gasteiger partial charge in [-0.3, -0.25) is 9.59 Å². The highest BCUT2D eigenvalue weighted by molar-refractivity contribution is 6.18. The number of nitriles is 1. The number of fused-ring (bicyclic) bond motifs is 1. The zero-order valence-corrected chi connectivity index (χ0v) is 8.65. The van der Waals surface area contributed by atoms with E-state index in [0.717, 1.165) is 0 Å². The van der Waals surface area contributed by atoms with Crippen LogP contribution in [0.3, 0.4) is 0 Å². The number of carbonyl (C=O) groups is 2. The van der Waals surface area contributed by atoms with Crippen LogP contribution in [-0.2, 0) is 0 Å². The van der Waals surface area contributed by atoms with Crippen molar-refractivity contribution in [2.24, 2.45) is 5.41 Å². The van der Waals surface area contributed by atoms with E-state index in [-0.39, 0.29) is 29.1 Å². The van der Waals surface area contributed by atoms with Gasteiger partial charge in [-0.2, -0.15) is 5.26 Å². The Bertz CT molecular complexity index is 542. The van der Waals surface area contributed by atoms with Crippen LogP contribution < -0.4 is 0 Å². The molecule has 0 fully saturated rings. The topological polar surface area (TPSA) is 78.2 Å². The summed E-state index contributed by atoms with van der Waals surface area (Å²) in [7, 11) is 0. The van der Waals surface area contributed by atoms with E-state index in [9.17, 15) is 14.7 Å². The molecule has 0 aliphatic heterocycles. The van der Waals surface area contributed by atoms with Gasteiger partial charge in [0, 0.05) is 12.0 Å². The Morgan fingerprint density at radius 2 is 2.12 bits per heavy atom. The maximum Gasteiger partial charge on any atom is 0.184 e. The number of benzene rings is 1. The third-order valence-corrected chi connectivity index (χ3v) is 2.83. The average molecular weight is 215 g/mol. The Labute approximate surface area is 92.1 Å². The Hall–Kier alpha value is -2.15. The van der Waals surface area contributed by atoms with Gasteiger partial charge in [-0.05, 0) is 13.0 Å². The molecule has 4 nitrogen and oxygen atoms in total. The van der Waals surface area contributed by atoms with Gasteiger partial charge >= 0.3 is 0 Å². The van der Waals surface area contributed by atoms with Crippen LogP contribution in [0.1, 0.15) is 34.1 Å². The number of Topliss-reactive ketones (excluding diaryl/α,β-unsaturated/α-hetero) is 2. The zero-order chi connectivity index (χ0) is 11.9. The number of phenolic OH excluding ortho intramolecular Hbond substituents is 1. The van der Waals surface area contributed by atoms with Gasteiger partial charge in [-0.1, -0.05) is 12.1 Å². The lowest BCUT2D eigenvalue weighted by Gasteiger charge is -2.26. The van der Waals surface area contributed by atoms with Crippen molar-refractivity contribution in [2.45, 2.75) is 13.3 Å². The average Bonchev–Trinajstić information content (AvgIpc) is 2.25. The quantitative estimate of drug-likeness (QED) is 0.714. The number of nitrogens with zero attached hydrogens (tertiary/aromatic N) is 1. The summed E-state index contributed by atoms with van der Waals surface area (Å²) in [6.07, 6.45) is -0.174. The monoisotopic (exact) mass is 215 g/mol. The van der Waals surface area contributed by atoms with Crippen molar-refractivity contribution in [1.29, 1.82) is 5.26 Å². The predicted octanol–water partition coefficient (Wildman–Crippen LogP) is 1.69. The first-order chi connectivity index (χ1) is 7.49. The highest BCUT2D eigenvalue weighted by Gasteiger charge is 2.43. The van der Waals surface area contributed by atoms with Crippen molar-refractivity contribution in [3.8, 4) is 11.8 Å². The van der Waals surface area contributed by atoms with Crippen molar-refractivity contribution in [3.63, 3.8) is 0 Å². The molecular formula is C12H9NO3. The van der Waals surface area contributed by atoms with E-state index in [1.165, 1.54) is 25.1 Å². The first-order valence-electron chi connectivity index (χ1n) is 4.81. The number of ketones is 2. The van der Waals surface area contributed by atoms with Crippen LogP contribution in [0.4, 0.5) is 0 Å². The number of phenols is 1. The van der Waals surface area contributed by atoms with Crippen LogP contribution in [0.2, 0.25) is 0 Å². The van der Waals surface area contributed by atoms with Crippen molar-refractivity contribution in [1.82, 2.24) is 0 Å². The number of hydrogen-bond acceptors (Lipinski definition) is 4. The minimum absolute atomic E-state index is 0.0419. The van der Waals surface area contributed by atoms with E-state index < -0.39 is 11.2 Å². The van der Waals surface area contributed by atoms with Gasteiger partial charge in [0.05, 0.1) is 11.6 Å². The standard InChI is InChI=1S/C12H9NO3/c1-12(6-13)5-9(15)10-7(11(12)16)3-2-4-8(10)14/h2-4,14H,5H2,1H3. The Balaban J connectivity index is 2.71. The predicted molar refractivity (Wildman–Crippen MR) is 55.1 cm³/mol. The summed E-state index contributed by atoms with van der Waals surface area (Å²) in [5.41, 5.74) is -1.13. The van der Waals surface area contributed by atoms with Crippen molar-refractivity contribution in [3.05, 3.63) is 29.3 Å². The molecule has 16 heavy (non-hydrogen) atoms. The van der Waals surface area contributed by atoms with Crippen LogP contribution in [0.25, 0.3) is 0 Å². The molecule has 0 radical (unpaired) electrons. The van der Waals surface area contributed by atoms with E-state index in [1.807, 2.05) is 6.07 Å². The van der Waals surface area contributed by atoms with E-state index in [4.69, 9.17) is 5.26 Å². The lowest BCUT2D eigenvalue weighted by atomic mass is 9.72. The number of carbonyl (C=O) groups excluding carboxylic acids is 2. The van der Waals surface area contributed by atoms with E-state index in [1.54, 1.807) is 0 Å². The molecule has 0 saturated heterocycles. The zero-order valence-electron chi connectivity index (χ0n) is 8.65. The number of aromatic hydroxyl groups is 1. The highest BCUT2D eigenvalue weighted by atomic mass is 16.3. The van der Waals surface area contributed by atoms with Crippen LogP contribution >= 0.6 is 0 Å².